The Balaban J connectivity index is 1.31. The quantitative estimate of drug-likeness (QED) is 0.182. The van der Waals surface area contributed by atoms with E-state index in [4.69, 9.17) is 9.47 Å². The molecule has 6 rings (SSSR count). The molecule has 0 aromatic heterocycles. The van der Waals surface area contributed by atoms with E-state index in [2.05, 4.69) is 5.32 Å². The molecule has 9 nitrogen and oxygen atoms in total. The maximum atomic E-state index is 14.3. The summed E-state index contributed by atoms with van der Waals surface area (Å²) in [5.41, 5.74) is 2.57. The predicted octanol–water partition coefficient (Wildman–Crippen LogP) is 5.88. The monoisotopic (exact) mass is 669 g/mol. The molecule has 0 bridgehead atoms. The van der Waals surface area contributed by atoms with Gasteiger partial charge in [-0.1, -0.05) is 72.8 Å². The van der Waals surface area contributed by atoms with E-state index in [-0.39, 0.29) is 17.4 Å². The van der Waals surface area contributed by atoms with E-state index in [9.17, 15) is 23.6 Å². The van der Waals surface area contributed by atoms with E-state index in [0.29, 0.717) is 36.4 Å². The number of carbonyl (C=O) groups is 4. The predicted molar refractivity (Wildman–Crippen MR) is 179 cm³/mol. The summed E-state index contributed by atoms with van der Waals surface area (Å²) in [5, 5.41) is 2.08. The minimum Gasteiger partial charge on any atom is -0.448 e. The first-order valence-corrected chi connectivity index (χ1v) is 16.8. The molecule has 2 atom stereocenters. The van der Waals surface area contributed by atoms with Gasteiger partial charge in [0.15, 0.2) is 6.10 Å². The standard InChI is InChI=1S/C37H36FN3O6S/c1-37(2,3)47-36(45)39-29-33(43)41-30(35(44)46-31(24-10-6-4-7-11-24)25-12-8-5-9-13-25)27(22-48-34(29)41)20-26-18-19-40(32(26)42)21-23-14-16-28(38)17-15-23/h4-17,20,29,31,34H,18-19,21-22H2,1-3H3,(H,39,45)/b26-20+/t29-,34-/m1/s1. The van der Waals surface area contributed by atoms with Crippen molar-refractivity contribution in [3.05, 3.63) is 130 Å². The summed E-state index contributed by atoms with van der Waals surface area (Å²) in [5.74, 6) is -1.45. The van der Waals surface area contributed by atoms with Crippen LogP contribution in [0.5, 0.6) is 0 Å². The Labute approximate surface area is 282 Å². The first-order chi connectivity index (χ1) is 23.0. The van der Waals surface area contributed by atoms with Gasteiger partial charge in [0.05, 0.1) is 0 Å². The molecular formula is C37H36FN3O6S. The maximum Gasteiger partial charge on any atom is 0.408 e. The zero-order valence-corrected chi connectivity index (χ0v) is 27.7. The average molecular weight is 670 g/mol. The van der Waals surface area contributed by atoms with Gasteiger partial charge in [0, 0.05) is 24.4 Å². The summed E-state index contributed by atoms with van der Waals surface area (Å²) in [6.45, 7) is 5.97. The number of hydrogen-bond acceptors (Lipinski definition) is 7. The highest BCUT2D eigenvalue weighted by Gasteiger charge is 2.55. The number of ether oxygens (including phenoxy) is 2. The minimum atomic E-state index is -0.903. The van der Waals surface area contributed by atoms with Gasteiger partial charge < -0.3 is 19.7 Å². The first-order valence-electron chi connectivity index (χ1n) is 15.7. The number of likely N-dealkylation sites (tertiary alicyclic amines) is 1. The SMILES string of the molecule is CC(C)(C)OC(=O)N[C@@H]1C(=O)N2C(C(=O)OC(c3ccccc3)c3ccccc3)=C(/C=C3\CCN(Cc4ccc(F)cc4)C3=O)CS[C@H]12. The number of nitrogens with zero attached hydrogens (tertiary/aromatic N) is 2. The Kier molecular flexibility index (Phi) is 9.41. The zero-order valence-electron chi connectivity index (χ0n) is 26.9. The minimum absolute atomic E-state index is 0.0418. The summed E-state index contributed by atoms with van der Waals surface area (Å²) in [6, 6.07) is 23.7. The third kappa shape index (κ3) is 7.16. The third-order valence-corrected chi connectivity index (χ3v) is 9.44. The number of rotatable bonds is 8. The van der Waals surface area contributed by atoms with Crippen molar-refractivity contribution < 1.29 is 33.0 Å². The maximum absolute atomic E-state index is 14.3. The van der Waals surface area contributed by atoms with Crippen molar-refractivity contribution in [3.63, 3.8) is 0 Å². The van der Waals surface area contributed by atoms with E-state index in [1.165, 1.54) is 28.8 Å². The van der Waals surface area contributed by atoms with Gasteiger partial charge in [0.25, 0.3) is 5.91 Å². The largest absolute Gasteiger partial charge is 0.448 e. The van der Waals surface area contributed by atoms with Crippen molar-refractivity contribution >= 4 is 35.6 Å². The summed E-state index contributed by atoms with van der Waals surface area (Å²) < 4.78 is 25.0. The highest BCUT2D eigenvalue weighted by atomic mass is 32.2. The lowest BCUT2D eigenvalue weighted by Crippen LogP contribution is -2.70. The highest BCUT2D eigenvalue weighted by Crippen LogP contribution is 2.42. The van der Waals surface area contributed by atoms with Gasteiger partial charge in [-0.05, 0) is 67.7 Å². The number of alkyl carbamates (subject to hydrolysis) is 1. The topological polar surface area (TPSA) is 105 Å². The van der Waals surface area contributed by atoms with Crippen molar-refractivity contribution in [1.82, 2.24) is 15.1 Å². The fraction of sp³-hybridized carbons (Fsp3) is 0.297. The van der Waals surface area contributed by atoms with Gasteiger partial charge in [-0.25, -0.2) is 14.0 Å². The van der Waals surface area contributed by atoms with Crippen LogP contribution in [-0.4, -0.2) is 63.0 Å². The normalized spacial score (nSPS) is 20.1. The average Bonchev–Trinajstić information content (AvgIpc) is 3.40. The fourth-order valence-electron chi connectivity index (χ4n) is 5.90. The number of benzene rings is 3. The fourth-order valence-corrected chi connectivity index (χ4v) is 7.20. The van der Waals surface area contributed by atoms with E-state index >= 15 is 0 Å². The molecule has 0 radical (unpaired) electrons. The number of amides is 3. The molecule has 2 fully saturated rings. The number of hydrogen-bond donors (Lipinski definition) is 1. The van der Waals surface area contributed by atoms with Crippen LogP contribution in [0.25, 0.3) is 0 Å². The first kappa shape index (κ1) is 33.0. The lowest BCUT2D eigenvalue weighted by atomic mass is 10.00. The number of fused-ring (bicyclic) bond motifs is 1. The second-order valence-corrected chi connectivity index (χ2v) is 13.9. The third-order valence-electron chi connectivity index (χ3n) is 8.14. The van der Waals surface area contributed by atoms with Crippen LogP contribution in [0.2, 0.25) is 0 Å². The Morgan fingerprint density at radius 3 is 2.21 bits per heavy atom. The van der Waals surface area contributed by atoms with Crippen LogP contribution in [0.3, 0.4) is 0 Å². The zero-order chi connectivity index (χ0) is 34.0. The van der Waals surface area contributed by atoms with Crippen LogP contribution < -0.4 is 5.32 Å². The number of esters is 1. The molecule has 48 heavy (non-hydrogen) atoms. The Morgan fingerprint density at radius 1 is 0.979 bits per heavy atom. The molecule has 0 aliphatic carbocycles. The molecule has 248 valence electrons. The van der Waals surface area contributed by atoms with Gasteiger partial charge in [0.1, 0.15) is 28.5 Å². The van der Waals surface area contributed by atoms with E-state index in [1.54, 1.807) is 43.9 Å². The summed E-state index contributed by atoms with van der Waals surface area (Å²) in [7, 11) is 0. The molecule has 3 amide bonds. The van der Waals surface area contributed by atoms with Gasteiger partial charge in [0.2, 0.25) is 5.91 Å². The molecular weight excluding hydrogens is 633 g/mol. The molecule has 3 aliphatic heterocycles. The van der Waals surface area contributed by atoms with Crippen molar-refractivity contribution in [2.45, 2.75) is 56.9 Å². The van der Waals surface area contributed by atoms with Crippen LogP contribution in [-0.2, 0) is 30.4 Å². The Bertz CT molecular complexity index is 1730. The van der Waals surface area contributed by atoms with E-state index < -0.39 is 41.1 Å². The van der Waals surface area contributed by atoms with E-state index in [0.717, 1.165) is 16.7 Å². The van der Waals surface area contributed by atoms with Crippen molar-refractivity contribution in [2.24, 2.45) is 0 Å². The number of β-lactam (4-membered cyclic amide) rings is 1. The van der Waals surface area contributed by atoms with Gasteiger partial charge in [-0.2, -0.15) is 0 Å². The van der Waals surface area contributed by atoms with Crippen LogP contribution in [0.1, 0.15) is 50.0 Å². The van der Waals surface area contributed by atoms with E-state index in [1.807, 2.05) is 60.7 Å². The molecule has 2 saturated heterocycles. The van der Waals surface area contributed by atoms with Crippen molar-refractivity contribution in [2.75, 3.05) is 12.3 Å². The Morgan fingerprint density at radius 2 is 1.60 bits per heavy atom. The molecule has 11 heteroatoms. The lowest BCUT2D eigenvalue weighted by molar-refractivity contribution is -0.153. The molecule has 3 heterocycles. The summed E-state index contributed by atoms with van der Waals surface area (Å²) in [6.07, 6.45) is 0.635. The van der Waals surface area contributed by atoms with Gasteiger partial charge >= 0.3 is 12.1 Å². The molecule has 0 unspecified atom stereocenters. The van der Waals surface area contributed by atoms with Gasteiger partial charge in [-0.15, -0.1) is 11.8 Å². The lowest BCUT2D eigenvalue weighted by Gasteiger charge is -2.49. The number of thioether (sulfide) groups is 1. The second-order valence-electron chi connectivity index (χ2n) is 12.8. The summed E-state index contributed by atoms with van der Waals surface area (Å²) in [4.78, 5) is 57.0. The van der Waals surface area contributed by atoms with Crippen molar-refractivity contribution in [1.29, 1.82) is 0 Å². The molecule has 3 aliphatic rings. The number of halogens is 1. The number of nitrogens with one attached hydrogen (secondary N) is 1. The molecule has 3 aromatic carbocycles. The van der Waals surface area contributed by atoms with Crippen LogP contribution in [0.4, 0.5) is 9.18 Å². The molecule has 3 aromatic rings. The van der Waals surface area contributed by atoms with Gasteiger partial charge in [-0.3, -0.25) is 14.5 Å². The molecule has 0 spiro atoms. The van der Waals surface area contributed by atoms with Crippen LogP contribution in [0, 0.1) is 5.82 Å². The second kappa shape index (κ2) is 13.7. The highest BCUT2D eigenvalue weighted by molar-refractivity contribution is 8.00. The number of carbonyl (C=O) groups excluding carboxylic acids is 4. The smallest absolute Gasteiger partial charge is 0.408 e. The number of allylic oxidation sites excluding steroid dienone is 1. The summed E-state index contributed by atoms with van der Waals surface area (Å²) >= 11 is 1.38. The van der Waals surface area contributed by atoms with Crippen LogP contribution in [0.15, 0.2) is 108 Å². The Hall–Kier alpha value is -4.90. The van der Waals surface area contributed by atoms with Crippen molar-refractivity contribution in [3.8, 4) is 0 Å². The molecule has 1 N–H and O–H groups in total. The molecule has 0 saturated carbocycles. The van der Waals surface area contributed by atoms with Crippen LogP contribution >= 0.6 is 11.8 Å².